The molecule has 3 aromatic heterocycles. The molecule has 0 amide bonds. The van der Waals surface area contributed by atoms with Crippen molar-refractivity contribution in [3.63, 3.8) is 0 Å². The number of hydrogen-bond donors (Lipinski definition) is 2. The highest BCUT2D eigenvalue weighted by Gasteiger charge is 2.33. The van der Waals surface area contributed by atoms with E-state index < -0.39 is 10.0 Å². The van der Waals surface area contributed by atoms with E-state index in [1.165, 1.54) is 19.2 Å². The molecule has 1 aromatic carbocycles. The predicted molar refractivity (Wildman–Crippen MR) is 147 cm³/mol. The first kappa shape index (κ1) is 25.5. The fourth-order valence-electron chi connectivity index (χ4n) is 4.93. The summed E-state index contributed by atoms with van der Waals surface area (Å²) in [4.78, 5) is 37.0. The second-order valence-corrected chi connectivity index (χ2v) is 12.2. The molecular formula is C27H30N8O3S. The van der Waals surface area contributed by atoms with Gasteiger partial charge in [-0.05, 0) is 70.2 Å². The molecule has 2 fully saturated rings. The number of anilines is 1. The molecule has 1 atom stereocenters. The van der Waals surface area contributed by atoms with Crippen LogP contribution < -0.4 is 15.6 Å². The third-order valence-electron chi connectivity index (χ3n) is 7.56. The first-order valence-corrected chi connectivity index (χ1v) is 14.6. The maximum atomic E-state index is 13.8. The molecule has 2 N–H and O–H groups in total. The van der Waals surface area contributed by atoms with E-state index in [1.807, 2.05) is 6.92 Å². The number of sulfonamides is 1. The quantitative estimate of drug-likeness (QED) is 0.323. The molecular weight excluding hydrogens is 516 g/mol. The monoisotopic (exact) mass is 546 g/mol. The Morgan fingerprint density at radius 2 is 1.79 bits per heavy atom. The van der Waals surface area contributed by atoms with Crippen LogP contribution in [0.25, 0.3) is 22.6 Å². The van der Waals surface area contributed by atoms with Gasteiger partial charge in [0.05, 0.1) is 28.0 Å². The Balaban J connectivity index is 1.38. The van der Waals surface area contributed by atoms with E-state index in [-0.39, 0.29) is 22.3 Å². The number of benzene rings is 1. The second kappa shape index (κ2) is 9.76. The van der Waals surface area contributed by atoms with Gasteiger partial charge in [0.1, 0.15) is 11.8 Å². The minimum Gasteiger partial charge on any atom is -0.361 e. The van der Waals surface area contributed by atoms with Crippen molar-refractivity contribution in [1.82, 2.24) is 34.2 Å². The van der Waals surface area contributed by atoms with Gasteiger partial charge in [-0.1, -0.05) is 12.1 Å². The molecule has 11 nitrogen and oxygen atoms in total. The van der Waals surface area contributed by atoms with E-state index in [0.717, 1.165) is 48.2 Å². The molecule has 0 spiro atoms. The Labute approximate surface area is 226 Å². The van der Waals surface area contributed by atoms with Crippen LogP contribution in [-0.4, -0.2) is 45.0 Å². The highest BCUT2D eigenvalue weighted by atomic mass is 32.2. The summed E-state index contributed by atoms with van der Waals surface area (Å²) in [7, 11) is -2.15. The molecule has 0 aliphatic heterocycles. The molecule has 0 saturated heterocycles. The number of nitrogens with one attached hydrogen (secondary N) is 2. The molecule has 1 unspecified atom stereocenters. The van der Waals surface area contributed by atoms with E-state index in [2.05, 4.69) is 36.9 Å². The molecule has 202 valence electrons. The van der Waals surface area contributed by atoms with E-state index >= 15 is 0 Å². The number of nitrogens with zero attached hydrogens (tertiary/aromatic N) is 6. The molecule has 3 heterocycles. The highest BCUT2D eigenvalue weighted by molar-refractivity contribution is 7.89. The number of rotatable bonds is 9. The molecule has 12 heteroatoms. The standard InChI is InChI=1S/C27H30N8O3S/c1-15-22(23(19-8-9-19)32-14-31-15)24-30-13-21-26(34-24)35(16(2)18-6-7-18)27(36)25(33-21)29-12-17-4-10-20(11-5-17)39(37,38)28-3/h4-5,10-11,13-14,16,18-19,28H,6-9,12H2,1-3H3,(H,29,33). The summed E-state index contributed by atoms with van der Waals surface area (Å²) in [5.74, 6) is 1.52. The van der Waals surface area contributed by atoms with Crippen LogP contribution in [0, 0.1) is 12.8 Å². The van der Waals surface area contributed by atoms with Gasteiger partial charge in [0, 0.05) is 18.5 Å². The minimum atomic E-state index is -3.52. The summed E-state index contributed by atoms with van der Waals surface area (Å²) >= 11 is 0. The van der Waals surface area contributed by atoms with Crippen LogP contribution in [0.3, 0.4) is 0 Å². The molecule has 2 aliphatic rings. The average Bonchev–Trinajstić information content (AvgIpc) is 3.85. The Kier molecular flexibility index (Phi) is 6.38. The molecule has 39 heavy (non-hydrogen) atoms. The molecule has 4 aromatic rings. The lowest BCUT2D eigenvalue weighted by Crippen LogP contribution is -2.29. The zero-order chi connectivity index (χ0) is 27.3. The van der Waals surface area contributed by atoms with E-state index in [0.29, 0.717) is 35.4 Å². The molecule has 0 radical (unpaired) electrons. The lowest BCUT2D eigenvalue weighted by atomic mass is 10.1. The number of hydrogen-bond acceptors (Lipinski definition) is 9. The van der Waals surface area contributed by atoms with Crippen molar-refractivity contribution in [3.8, 4) is 11.4 Å². The van der Waals surface area contributed by atoms with Gasteiger partial charge < -0.3 is 5.32 Å². The van der Waals surface area contributed by atoms with Crippen LogP contribution in [0.4, 0.5) is 5.82 Å². The highest BCUT2D eigenvalue weighted by Crippen LogP contribution is 2.43. The second-order valence-electron chi connectivity index (χ2n) is 10.3. The molecule has 6 rings (SSSR count). The maximum Gasteiger partial charge on any atom is 0.295 e. The van der Waals surface area contributed by atoms with Crippen molar-refractivity contribution in [1.29, 1.82) is 0 Å². The van der Waals surface area contributed by atoms with Crippen LogP contribution in [0.5, 0.6) is 0 Å². The average molecular weight is 547 g/mol. The van der Waals surface area contributed by atoms with Crippen LogP contribution in [-0.2, 0) is 16.6 Å². The van der Waals surface area contributed by atoms with Gasteiger partial charge >= 0.3 is 0 Å². The van der Waals surface area contributed by atoms with Gasteiger partial charge in [-0.25, -0.2) is 38.1 Å². The Morgan fingerprint density at radius 1 is 1.05 bits per heavy atom. The minimum absolute atomic E-state index is 0.0478. The van der Waals surface area contributed by atoms with Gasteiger partial charge in [-0.3, -0.25) is 9.36 Å². The first-order chi connectivity index (χ1) is 18.8. The molecule has 2 saturated carbocycles. The summed E-state index contributed by atoms with van der Waals surface area (Å²) in [6.07, 6.45) is 7.56. The summed E-state index contributed by atoms with van der Waals surface area (Å²) in [5.41, 5.74) is 4.20. The van der Waals surface area contributed by atoms with Crippen molar-refractivity contribution >= 4 is 27.0 Å². The fourth-order valence-corrected chi connectivity index (χ4v) is 5.66. The van der Waals surface area contributed by atoms with Gasteiger partial charge in [0.25, 0.3) is 5.56 Å². The van der Waals surface area contributed by atoms with Crippen LogP contribution in [0.15, 0.2) is 46.5 Å². The lowest BCUT2D eigenvalue weighted by molar-refractivity contribution is 0.482. The van der Waals surface area contributed by atoms with E-state index in [4.69, 9.17) is 4.98 Å². The van der Waals surface area contributed by atoms with Crippen LogP contribution >= 0.6 is 0 Å². The summed E-state index contributed by atoms with van der Waals surface area (Å²) in [6.45, 7) is 4.29. The lowest BCUT2D eigenvalue weighted by Gasteiger charge is -2.19. The van der Waals surface area contributed by atoms with Crippen molar-refractivity contribution in [2.45, 2.75) is 62.9 Å². The van der Waals surface area contributed by atoms with E-state index in [9.17, 15) is 13.2 Å². The van der Waals surface area contributed by atoms with Crippen molar-refractivity contribution in [2.75, 3.05) is 12.4 Å². The van der Waals surface area contributed by atoms with Crippen LogP contribution in [0.1, 0.15) is 61.5 Å². The third-order valence-corrected chi connectivity index (χ3v) is 8.99. The normalized spacial score (nSPS) is 16.4. The number of aromatic nitrogens is 6. The zero-order valence-electron chi connectivity index (χ0n) is 22.0. The molecule has 2 aliphatic carbocycles. The smallest absolute Gasteiger partial charge is 0.295 e. The van der Waals surface area contributed by atoms with Gasteiger partial charge in [0.15, 0.2) is 17.3 Å². The summed E-state index contributed by atoms with van der Waals surface area (Å²) in [6, 6.07) is 6.44. The maximum absolute atomic E-state index is 13.8. The Hall–Kier alpha value is -3.77. The summed E-state index contributed by atoms with van der Waals surface area (Å²) in [5, 5.41) is 3.15. The number of aryl methyl sites for hydroxylation is 1. The van der Waals surface area contributed by atoms with Gasteiger partial charge in [0.2, 0.25) is 10.0 Å². The van der Waals surface area contributed by atoms with Crippen molar-refractivity contribution in [2.24, 2.45) is 5.92 Å². The topological polar surface area (TPSA) is 145 Å². The zero-order valence-corrected chi connectivity index (χ0v) is 22.9. The Bertz CT molecular complexity index is 1730. The largest absolute Gasteiger partial charge is 0.361 e. The third kappa shape index (κ3) is 4.89. The Morgan fingerprint density at radius 3 is 2.46 bits per heavy atom. The first-order valence-electron chi connectivity index (χ1n) is 13.1. The SMILES string of the molecule is CNS(=O)(=O)c1ccc(CNc2nc3cnc(-c4c(C)ncnc4C4CC4)nc3n(C(C)C3CC3)c2=O)cc1. The molecule has 0 bridgehead atoms. The summed E-state index contributed by atoms with van der Waals surface area (Å²) < 4.78 is 28.1. The predicted octanol–water partition coefficient (Wildman–Crippen LogP) is 3.32. The van der Waals surface area contributed by atoms with Crippen LogP contribution in [0.2, 0.25) is 0 Å². The van der Waals surface area contributed by atoms with Crippen molar-refractivity contribution < 1.29 is 8.42 Å². The fraction of sp³-hybridized carbons (Fsp3) is 0.407. The van der Waals surface area contributed by atoms with Gasteiger partial charge in [-0.15, -0.1) is 0 Å². The van der Waals surface area contributed by atoms with Crippen molar-refractivity contribution in [3.05, 3.63) is 64.1 Å². The van der Waals surface area contributed by atoms with E-state index in [1.54, 1.807) is 29.2 Å². The van der Waals surface area contributed by atoms with Gasteiger partial charge in [-0.2, -0.15) is 0 Å². The number of fused-ring (bicyclic) bond motifs is 1.